The molecule has 0 fully saturated rings. The van der Waals surface area contributed by atoms with Gasteiger partial charge < -0.3 is 20.9 Å². The Morgan fingerprint density at radius 1 is 0.933 bits per heavy atom. The first-order valence-corrected chi connectivity index (χ1v) is 10.2. The molecule has 3 aromatic carbocycles. The molecule has 3 aromatic rings. The van der Waals surface area contributed by atoms with Gasteiger partial charge in [0.1, 0.15) is 12.6 Å². The Morgan fingerprint density at radius 2 is 1.53 bits per heavy atom. The fourth-order valence-corrected chi connectivity index (χ4v) is 4.10. The van der Waals surface area contributed by atoms with Crippen LogP contribution in [0.4, 0.5) is 10.5 Å². The third-order valence-corrected chi connectivity index (χ3v) is 5.78. The lowest BCUT2D eigenvalue weighted by Gasteiger charge is -2.25. The third-order valence-electron chi connectivity index (χ3n) is 4.36. The van der Waals surface area contributed by atoms with Crippen molar-refractivity contribution in [1.29, 1.82) is 0 Å². The van der Waals surface area contributed by atoms with Crippen LogP contribution in [0.1, 0.15) is 16.4 Å². The lowest BCUT2D eigenvalue weighted by Crippen LogP contribution is -2.44. The van der Waals surface area contributed by atoms with Gasteiger partial charge in [-0.15, -0.1) is 11.8 Å². The number of anilines is 1. The number of carbonyl (C=O) groups is 2. The van der Waals surface area contributed by atoms with Gasteiger partial charge >= 0.3 is 12.1 Å². The second-order valence-electron chi connectivity index (χ2n) is 6.51. The highest BCUT2D eigenvalue weighted by molar-refractivity contribution is 7.99. The molecule has 0 saturated carbocycles. The zero-order chi connectivity index (χ0) is 21.3. The number of hydrogen-bond acceptors (Lipinski definition) is 5. The molecule has 0 saturated heterocycles. The summed E-state index contributed by atoms with van der Waals surface area (Å²) in [6.07, 6.45) is -0.797. The molecule has 0 aliphatic carbocycles. The Bertz CT molecular complexity index is 983. The molecule has 30 heavy (non-hydrogen) atoms. The largest absolute Gasteiger partial charge is 0.480 e. The molecule has 0 heterocycles. The van der Waals surface area contributed by atoms with Gasteiger partial charge in [0.2, 0.25) is 0 Å². The van der Waals surface area contributed by atoms with Gasteiger partial charge in [-0.3, -0.25) is 0 Å². The van der Waals surface area contributed by atoms with Crippen molar-refractivity contribution in [3.63, 3.8) is 0 Å². The number of carbonyl (C=O) groups excluding carboxylic acids is 1. The Labute approximate surface area is 179 Å². The van der Waals surface area contributed by atoms with Crippen molar-refractivity contribution in [2.75, 3.05) is 5.73 Å². The average molecular weight is 423 g/mol. The number of amides is 1. The highest BCUT2D eigenvalue weighted by Crippen LogP contribution is 2.40. The summed E-state index contributed by atoms with van der Waals surface area (Å²) >= 11 is 1.29. The second kappa shape index (κ2) is 10.4. The summed E-state index contributed by atoms with van der Waals surface area (Å²) in [5.41, 5.74) is 8.16. The van der Waals surface area contributed by atoms with E-state index in [4.69, 9.17) is 10.5 Å². The molecule has 1 amide bonds. The highest BCUT2D eigenvalue weighted by atomic mass is 32.2. The summed E-state index contributed by atoms with van der Waals surface area (Å²) < 4.78 is 5.22. The van der Waals surface area contributed by atoms with Gasteiger partial charge in [0.15, 0.2) is 0 Å². The number of aliphatic carboxylic acids is 1. The molecule has 3 rings (SSSR count). The maximum Gasteiger partial charge on any atom is 0.408 e. The van der Waals surface area contributed by atoms with Crippen molar-refractivity contribution >= 4 is 29.5 Å². The molecule has 2 atom stereocenters. The number of carboxylic acid groups (broad SMARTS) is 1. The number of nitrogen functional groups attached to an aromatic ring is 1. The van der Waals surface area contributed by atoms with Gasteiger partial charge in [-0.2, -0.15) is 0 Å². The van der Waals surface area contributed by atoms with Crippen LogP contribution in [0.15, 0.2) is 89.8 Å². The number of thioether (sulfide) groups is 1. The molecular formula is C23H22N2O4S. The average Bonchev–Trinajstić information content (AvgIpc) is 2.77. The molecular weight excluding hydrogens is 400 g/mol. The third kappa shape index (κ3) is 5.78. The molecule has 0 spiro atoms. The van der Waals surface area contributed by atoms with E-state index in [2.05, 4.69) is 5.32 Å². The van der Waals surface area contributed by atoms with Gasteiger partial charge in [0.25, 0.3) is 0 Å². The molecule has 6 nitrogen and oxygen atoms in total. The molecule has 0 aromatic heterocycles. The number of ether oxygens (including phenoxy) is 1. The number of benzene rings is 3. The van der Waals surface area contributed by atoms with Crippen molar-refractivity contribution in [3.8, 4) is 0 Å². The number of nitrogens with two attached hydrogens (primary N) is 1. The van der Waals surface area contributed by atoms with Crippen LogP contribution in [0.2, 0.25) is 0 Å². The number of nitrogens with one attached hydrogen (secondary N) is 1. The van der Waals surface area contributed by atoms with E-state index < -0.39 is 23.4 Å². The van der Waals surface area contributed by atoms with E-state index in [-0.39, 0.29) is 6.61 Å². The Balaban J connectivity index is 1.80. The lowest BCUT2D eigenvalue weighted by atomic mass is 10.1. The van der Waals surface area contributed by atoms with E-state index in [1.54, 1.807) is 6.07 Å². The zero-order valence-electron chi connectivity index (χ0n) is 16.1. The van der Waals surface area contributed by atoms with Gasteiger partial charge in [-0.05, 0) is 23.3 Å². The van der Waals surface area contributed by atoms with Crippen molar-refractivity contribution in [2.45, 2.75) is 22.8 Å². The molecule has 0 aliphatic rings. The van der Waals surface area contributed by atoms with Crippen molar-refractivity contribution in [3.05, 3.63) is 96.1 Å². The first kappa shape index (κ1) is 21.3. The fraction of sp³-hybridized carbons (Fsp3) is 0.130. The van der Waals surface area contributed by atoms with Crippen LogP contribution in [0, 0.1) is 0 Å². The quantitative estimate of drug-likeness (QED) is 0.365. The molecule has 1 unspecified atom stereocenters. The minimum Gasteiger partial charge on any atom is -0.480 e. The van der Waals surface area contributed by atoms with Crippen LogP contribution in [0.3, 0.4) is 0 Å². The summed E-state index contributed by atoms with van der Waals surface area (Å²) in [7, 11) is 0. The Kier molecular flexibility index (Phi) is 7.34. The topological polar surface area (TPSA) is 102 Å². The fourth-order valence-electron chi connectivity index (χ4n) is 2.85. The Hall–Kier alpha value is -3.45. The number of para-hydroxylation sites is 1. The maximum absolute atomic E-state index is 12.4. The minimum absolute atomic E-state index is 0.0494. The molecule has 7 heteroatoms. The van der Waals surface area contributed by atoms with E-state index in [1.165, 1.54) is 11.8 Å². The van der Waals surface area contributed by atoms with E-state index in [0.717, 1.165) is 16.0 Å². The SMILES string of the molecule is Nc1ccccc1SC(c1ccccc1)[C@H](NC(=O)OCc1ccccc1)C(=O)O. The van der Waals surface area contributed by atoms with Crippen LogP contribution in [-0.2, 0) is 16.1 Å². The normalized spacial score (nSPS) is 12.5. The zero-order valence-corrected chi connectivity index (χ0v) is 16.9. The number of carboxylic acids is 1. The monoisotopic (exact) mass is 422 g/mol. The van der Waals surface area contributed by atoms with Crippen LogP contribution in [0.25, 0.3) is 0 Å². The summed E-state index contributed by atoms with van der Waals surface area (Å²) in [5.74, 6) is -1.16. The second-order valence-corrected chi connectivity index (χ2v) is 7.69. The first-order chi connectivity index (χ1) is 14.5. The number of rotatable bonds is 8. The van der Waals surface area contributed by atoms with Crippen molar-refractivity contribution < 1.29 is 19.4 Å². The van der Waals surface area contributed by atoms with E-state index in [0.29, 0.717) is 5.69 Å². The van der Waals surface area contributed by atoms with E-state index >= 15 is 0 Å². The predicted molar refractivity (Wildman–Crippen MR) is 117 cm³/mol. The molecule has 0 bridgehead atoms. The van der Waals surface area contributed by atoms with Crippen molar-refractivity contribution in [1.82, 2.24) is 5.32 Å². The minimum atomic E-state index is -1.22. The van der Waals surface area contributed by atoms with Crippen molar-refractivity contribution in [2.24, 2.45) is 0 Å². The van der Waals surface area contributed by atoms with Crippen LogP contribution in [0.5, 0.6) is 0 Å². The summed E-state index contributed by atoms with van der Waals surface area (Å²) in [6, 6.07) is 24.3. The standard InChI is InChI=1S/C23H22N2O4S/c24-18-13-7-8-14-19(18)30-21(17-11-5-2-6-12-17)20(22(26)27)25-23(28)29-15-16-9-3-1-4-10-16/h1-14,20-21H,15,24H2,(H,25,28)(H,26,27)/t20-,21?/m0/s1. The van der Waals surface area contributed by atoms with Gasteiger partial charge in [0, 0.05) is 10.6 Å². The number of alkyl carbamates (subject to hydrolysis) is 1. The van der Waals surface area contributed by atoms with Gasteiger partial charge in [0.05, 0.1) is 5.25 Å². The molecule has 0 aliphatic heterocycles. The molecule has 4 N–H and O–H groups in total. The smallest absolute Gasteiger partial charge is 0.408 e. The number of hydrogen-bond donors (Lipinski definition) is 3. The highest BCUT2D eigenvalue weighted by Gasteiger charge is 2.33. The van der Waals surface area contributed by atoms with Crippen LogP contribution >= 0.6 is 11.8 Å². The molecule has 0 radical (unpaired) electrons. The summed E-state index contributed by atoms with van der Waals surface area (Å²) in [4.78, 5) is 25.2. The van der Waals surface area contributed by atoms with E-state index in [1.807, 2.05) is 78.9 Å². The maximum atomic E-state index is 12.4. The first-order valence-electron chi connectivity index (χ1n) is 9.30. The summed E-state index contributed by atoms with van der Waals surface area (Å²) in [5, 5.41) is 11.8. The predicted octanol–water partition coefficient (Wildman–Crippen LogP) is 4.48. The summed E-state index contributed by atoms with van der Waals surface area (Å²) in [6.45, 7) is 0.0494. The van der Waals surface area contributed by atoms with Crippen LogP contribution < -0.4 is 11.1 Å². The van der Waals surface area contributed by atoms with Crippen LogP contribution in [-0.4, -0.2) is 23.2 Å². The Morgan fingerprint density at radius 3 is 2.17 bits per heavy atom. The van der Waals surface area contributed by atoms with Gasteiger partial charge in [-0.1, -0.05) is 72.8 Å². The lowest BCUT2D eigenvalue weighted by molar-refractivity contribution is -0.139. The molecule has 154 valence electrons. The van der Waals surface area contributed by atoms with E-state index in [9.17, 15) is 14.7 Å². The van der Waals surface area contributed by atoms with Gasteiger partial charge in [-0.25, -0.2) is 9.59 Å².